The second-order valence-corrected chi connectivity index (χ2v) is 5.59. The highest BCUT2D eigenvalue weighted by Crippen LogP contribution is 2.21. The standard InChI is InChI=1S/C15H18N6/c1-3-14(11-19-8-5-16-12-19)20(6-1)9-13-10-21-7-2-4-17-15(21)18-13/h2,4-5,7-8,10,12,14H,1,3,6,9,11H2. The van der Waals surface area contributed by atoms with Gasteiger partial charge in [0.1, 0.15) is 0 Å². The van der Waals surface area contributed by atoms with Crippen molar-refractivity contribution >= 4 is 5.78 Å². The monoisotopic (exact) mass is 282 g/mol. The molecule has 3 aromatic heterocycles. The van der Waals surface area contributed by atoms with Crippen molar-refractivity contribution in [2.75, 3.05) is 6.54 Å². The first-order chi connectivity index (χ1) is 10.4. The molecule has 0 radical (unpaired) electrons. The van der Waals surface area contributed by atoms with Crippen LogP contribution in [0.15, 0.2) is 43.4 Å². The third-order valence-corrected chi connectivity index (χ3v) is 4.13. The summed E-state index contributed by atoms with van der Waals surface area (Å²) in [4.78, 5) is 15.5. The number of fused-ring (bicyclic) bond motifs is 1. The van der Waals surface area contributed by atoms with Gasteiger partial charge in [0.15, 0.2) is 0 Å². The van der Waals surface area contributed by atoms with E-state index in [2.05, 4.69) is 30.6 Å². The molecule has 4 rings (SSSR count). The Balaban J connectivity index is 1.49. The third-order valence-electron chi connectivity index (χ3n) is 4.13. The summed E-state index contributed by atoms with van der Waals surface area (Å²) in [5.41, 5.74) is 1.09. The number of hydrogen-bond acceptors (Lipinski definition) is 4. The molecule has 0 aliphatic carbocycles. The lowest BCUT2D eigenvalue weighted by Gasteiger charge is -2.23. The van der Waals surface area contributed by atoms with Crippen LogP contribution in [0.4, 0.5) is 0 Å². The fourth-order valence-electron chi connectivity index (χ4n) is 3.11. The van der Waals surface area contributed by atoms with E-state index >= 15 is 0 Å². The van der Waals surface area contributed by atoms with Crippen LogP contribution in [0, 0.1) is 0 Å². The Morgan fingerprint density at radius 1 is 1.24 bits per heavy atom. The van der Waals surface area contributed by atoms with Gasteiger partial charge in [-0.3, -0.25) is 9.30 Å². The van der Waals surface area contributed by atoms with Crippen molar-refractivity contribution in [2.45, 2.75) is 32.0 Å². The molecule has 21 heavy (non-hydrogen) atoms. The summed E-state index contributed by atoms with van der Waals surface area (Å²) in [7, 11) is 0. The average Bonchev–Trinajstić information content (AvgIpc) is 3.21. The topological polar surface area (TPSA) is 51.2 Å². The highest BCUT2D eigenvalue weighted by atomic mass is 15.2. The molecule has 1 fully saturated rings. The van der Waals surface area contributed by atoms with Crippen molar-refractivity contribution < 1.29 is 0 Å². The molecule has 1 aliphatic heterocycles. The molecule has 0 N–H and O–H groups in total. The Morgan fingerprint density at radius 2 is 2.24 bits per heavy atom. The second-order valence-electron chi connectivity index (χ2n) is 5.59. The van der Waals surface area contributed by atoms with Crippen LogP contribution in [0.25, 0.3) is 5.78 Å². The zero-order chi connectivity index (χ0) is 14.1. The molecule has 0 aromatic carbocycles. The Hall–Kier alpha value is -2.21. The molecular formula is C15H18N6. The zero-order valence-electron chi connectivity index (χ0n) is 11.8. The summed E-state index contributed by atoms with van der Waals surface area (Å²) >= 11 is 0. The Labute approximate surface area is 123 Å². The van der Waals surface area contributed by atoms with Gasteiger partial charge in [0.2, 0.25) is 5.78 Å². The van der Waals surface area contributed by atoms with Crippen LogP contribution < -0.4 is 0 Å². The molecule has 1 saturated heterocycles. The van der Waals surface area contributed by atoms with Gasteiger partial charge in [0.05, 0.1) is 12.0 Å². The normalized spacial score (nSPS) is 19.5. The van der Waals surface area contributed by atoms with Gasteiger partial charge in [-0.25, -0.2) is 15.0 Å². The van der Waals surface area contributed by atoms with Crippen LogP contribution in [-0.2, 0) is 13.1 Å². The summed E-state index contributed by atoms with van der Waals surface area (Å²) in [5.74, 6) is 0.776. The van der Waals surface area contributed by atoms with E-state index in [1.165, 1.54) is 12.8 Å². The summed E-state index contributed by atoms with van der Waals surface area (Å²) in [5, 5.41) is 0. The van der Waals surface area contributed by atoms with E-state index in [4.69, 9.17) is 0 Å². The molecule has 0 saturated carbocycles. The van der Waals surface area contributed by atoms with Gasteiger partial charge >= 0.3 is 0 Å². The van der Waals surface area contributed by atoms with Crippen LogP contribution in [0.1, 0.15) is 18.5 Å². The van der Waals surface area contributed by atoms with E-state index in [1.54, 1.807) is 6.20 Å². The molecule has 1 atom stereocenters. The van der Waals surface area contributed by atoms with Crippen LogP contribution in [0.3, 0.4) is 0 Å². The number of rotatable bonds is 4. The second kappa shape index (κ2) is 5.29. The number of imidazole rings is 2. The lowest BCUT2D eigenvalue weighted by molar-refractivity contribution is 0.222. The van der Waals surface area contributed by atoms with Crippen molar-refractivity contribution in [3.05, 3.63) is 49.1 Å². The largest absolute Gasteiger partial charge is 0.336 e. The van der Waals surface area contributed by atoms with Gasteiger partial charge in [-0.1, -0.05) is 0 Å². The molecule has 0 amide bonds. The lowest BCUT2D eigenvalue weighted by atomic mass is 10.2. The first-order valence-electron chi connectivity index (χ1n) is 7.37. The molecule has 1 unspecified atom stereocenters. The third kappa shape index (κ3) is 2.54. The van der Waals surface area contributed by atoms with Crippen LogP contribution in [-0.4, -0.2) is 41.4 Å². The molecular weight excluding hydrogens is 264 g/mol. The Bertz CT molecular complexity index is 684. The lowest BCUT2D eigenvalue weighted by Crippen LogP contribution is -2.32. The minimum atomic E-state index is 0.567. The van der Waals surface area contributed by atoms with Gasteiger partial charge in [-0.15, -0.1) is 0 Å². The van der Waals surface area contributed by atoms with Gasteiger partial charge in [-0.2, -0.15) is 0 Å². The van der Waals surface area contributed by atoms with Crippen molar-refractivity contribution in [1.29, 1.82) is 0 Å². The van der Waals surface area contributed by atoms with Gasteiger partial charge in [-0.05, 0) is 25.5 Å². The van der Waals surface area contributed by atoms with Crippen LogP contribution in [0.2, 0.25) is 0 Å². The minimum absolute atomic E-state index is 0.567. The maximum atomic E-state index is 4.60. The number of hydrogen-bond donors (Lipinski definition) is 0. The molecule has 6 heteroatoms. The first-order valence-corrected chi connectivity index (χ1v) is 7.37. The van der Waals surface area contributed by atoms with E-state index in [9.17, 15) is 0 Å². The van der Waals surface area contributed by atoms with Crippen LogP contribution in [0.5, 0.6) is 0 Å². The fraction of sp³-hybridized carbons (Fsp3) is 0.400. The Kier molecular flexibility index (Phi) is 3.16. The van der Waals surface area contributed by atoms with Gasteiger partial charge in [0.25, 0.3) is 0 Å². The van der Waals surface area contributed by atoms with Crippen molar-refractivity contribution in [1.82, 2.24) is 28.8 Å². The molecule has 3 aromatic rings. The molecule has 108 valence electrons. The minimum Gasteiger partial charge on any atom is -0.336 e. The maximum absolute atomic E-state index is 4.60. The van der Waals surface area contributed by atoms with E-state index in [0.717, 1.165) is 31.1 Å². The predicted molar refractivity (Wildman–Crippen MR) is 78.6 cm³/mol. The molecule has 4 heterocycles. The quantitative estimate of drug-likeness (QED) is 0.729. The fourth-order valence-corrected chi connectivity index (χ4v) is 3.11. The first kappa shape index (κ1) is 12.5. The van der Waals surface area contributed by atoms with Crippen molar-refractivity contribution in [2.24, 2.45) is 0 Å². The van der Waals surface area contributed by atoms with E-state index in [0.29, 0.717) is 6.04 Å². The summed E-state index contributed by atoms with van der Waals surface area (Å²) in [6, 6.07) is 2.49. The van der Waals surface area contributed by atoms with Crippen molar-refractivity contribution in [3.8, 4) is 0 Å². The highest BCUT2D eigenvalue weighted by molar-refractivity contribution is 5.29. The van der Waals surface area contributed by atoms with Gasteiger partial charge in [0, 0.05) is 50.1 Å². The Morgan fingerprint density at radius 3 is 3.10 bits per heavy atom. The summed E-state index contributed by atoms with van der Waals surface area (Å²) < 4.78 is 4.14. The smallest absolute Gasteiger partial charge is 0.233 e. The highest BCUT2D eigenvalue weighted by Gasteiger charge is 2.25. The molecule has 1 aliphatic rings. The predicted octanol–water partition coefficient (Wildman–Crippen LogP) is 1.59. The molecule has 0 bridgehead atoms. The number of aromatic nitrogens is 5. The zero-order valence-corrected chi connectivity index (χ0v) is 11.8. The maximum Gasteiger partial charge on any atom is 0.233 e. The molecule has 6 nitrogen and oxygen atoms in total. The number of nitrogens with zero attached hydrogens (tertiary/aromatic N) is 6. The van der Waals surface area contributed by atoms with Crippen LogP contribution >= 0.6 is 0 Å². The SMILES string of the molecule is c1cnc2nc(CN3CCCC3Cn3ccnc3)cn2c1. The summed E-state index contributed by atoms with van der Waals surface area (Å²) in [6.07, 6.45) is 14.1. The van der Waals surface area contributed by atoms with Gasteiger partial charge < -0.3 is 4.57 Å². The van der Waals surface area contributed by atoms with Crippen molar-refractivity contribution in [3.63, 3.8) is 0 Å². The number of likely N-dealkylation sites (tertiary alicyclic amines) is 1. The average molecular weight is 282 g/mol. The van der Waals surface area contributed by atoms with E-state index in [-0.39, 0.29) is 0 Å². The van der Waals surface area contributed by atoms with E-state index in [1.807, 2.05) is 35.4 Å². The van der Waals surface area contributed by atoms with E-state index < -0.39 is 0 Å². The molecule has 0 spiro atoms. The summed E-state index contributed by atoms with van der Waals surface area (Å²) in [6.45, 7) is 3.04.